The lowest BCUT2D eigenvalue weighted by Gasteiger charge is -2.25. The van der Waals surface area contributed by atoms with Gasteiger partial charge in [-0.15, -0.1) is 0 Å². The van der Waals surface area contributed by atoms with Crippen LogP contribution in [0.3, 0.4) is 0 Å². The zero-order chi connectivity index (χ0) is 36.1. The molecule has 0 saturated heterocycles. The van der Waals surface area contributed by atoms with E-state index in [0.29, 0.717) is 12.8 Å². The molecule has 8 nitrogen and oxygen atoms in total. The van der Waals surface area contributed by atoms with Crippen LogP contribution in [0.5, 0.6) is 0 Å². The number of hydrogen-bond acceptors (Lipinski definition) is 6. The van der Waals surface area contributed by atoms with Crippen molar-refractivity contribution in [1.82, 2.24) is 5.32 Å². The summed E-state index contributed by atoms with van der Waals surface area (Å²) in [7, 11) is -4.30. The summed E-state index contributed by atoms with van der Waals surface area (Å²) in [6.07, 6.45) is 38.4. The molecule has 0 fully saturated rings. The standard InChI is InChI=1S/C40H83N2O6P/c1-3-5-7-9-11-13-14-15-16-17-18-19-20-21-22-23-24-26-28-30-32-34-40(44)42-38(37-48-49(45,46)47-36-35-41)39(43)33-31-29-27-25-12-10-8-6-4-2/h38-39,43H,3-37,41H2,1-2H3,(H,42,44)(H,45,46). The third-order valence-corrected chi connectivity index (χ3v) is 10.7. The van der Waals surface area contributed by atoms with E-state index in [1.165, 1.54) is 154 Å². The van der Waals surface area contributed by atoms with Crippen LogP contribution in [0.1, 0.15) is 219 Å². The summed E-state index contributed by atoms with van der Waals surface area (Å²) < 4.78 is 22.1. The number of hydrogen-bond donors (Lipinski definition) is 4. The van der Waals surface area contributed by atoms with Gasteiger partial charge in [-0.3, -0.25) is 13.8 Å². The van der Waals surface area contributed by atoms with E-state index in [2.05, 4.69) is 19.2 Å². The van der Waals surface area contributed by atoms with Crippen molar-refractivity contribution in [3.05, 3.63) is 0 Å². The third kappa shape index (κ3) is 35.7. The monoisotopic (exact) mass is 719 g/mol. The fourth-order valence-electron chi connectivity index (χ4n) is 6.49. The smallest absolute Gasteiger partial charge is 0.391 e. The number of aliphatic hydroxyl groups excluding tert-OH is 1. The van der Waals surface area contributed by atoms with Gasteiger partial charge in [-0.05, 0) is 12.8 Å². The van der Waals surface area contributed by atoms with Crippen LogP contribution in [-0.2, 0) is 18.4 Å². The predicted octanol–water partition coefficient (Wildman–Crippen LogP) is 11.4. The Balaban J connectivity index is 3.99. The van der Waals surface area contributed by atoms with E-state index >= 15 is 0 Å². The second-order valence-corrected chi connectivity index (χ2v) is 16.0. The van der Waals surface area contributed by atoms with Gasteiger partial charge in [0.05, 0.1) is 25.4 Å². The average Bonchev–Trinajstić information content (AvgIpc) is 3.09. The summed E-state index contributed by atoms with van der Waals surface area (Å²) in [6, 6.07) is -0.765. The largest absolute Gasteiger partial charge is 0.472 e. The van der Waals surface area contributed by atoms with Gasteiger partial charge < -0.3 is 21.1 Å². The number of amides is 1. The molecule has 9 heteroatoms. The third-order valence-electron chi connectivity index (χ3n) is 9.71. The van der Waals surface area contributed by atoms with Crippen molar-refractivity contribution in [2.24, 2.45) is 5.73 Å². The molecule has 0 spiro atoms. The molecule has 0 bridgehead atoms. The Hall–Kier alpha value is -0.500. The number of phosphoric acid groups is 1. The Morgan fingerprint density at radius 2 is 0.939 bits per heavy atom. The van der Waals surface area contributed by atoms with Gasteiger partial charge >= 0.3 is 7.82 Å². The molecule has 294 valence electrons. The number of nitrogens with one attached hydrogen (secondary N) is 1. The Labute approximate surface area is 303 Å². The fraction of sp³-hybridized carbons (Fsp3) is 0.975. The van der Waals surface area contributed by atoms with E-state index in [4.69, 9.17) is 14.8 Å². The highest BCUT2D eigenvalue weighted by molar-refractivity contribution is 7.47. The number of carbonyl (C=O) groups is 1. The van der Waals surface area contributed by atoms with Crippen molar-refractivity contribution < 1.29 is 28.4 Å². The minimum Gasteiger partial charge on any atom is -0.391 e. The molecule has 5 N–H and O–H groups in total. The van der Waals surface area contributed by atoms with Crippen LogP contribution < -0.4 is 11.1 Å². The zero-order valence-corrected chi connectivity index (χ0v) is 33.3. The average molecular weight is 719 g/mol. The van der Waals surface area contributed by atoms with Crippen LogP contribution in [0.4, 0.5) is 0 Å². The van der Waals surface area contributed by atoms with E-state index in [9.17, 15) is 19.4 Å². The molecule has 0 aromatic rings. The normalized spacial score (nSPS) is 14.1. The summed E-state index contributed by atoms with van der Waals surface area (Å²) in [6.45, 7) is 4.20. The Kier molecular flexibility index (Phi) is 36.9. The molecule has 0 aliphatic heterocycles. The van der Waals surface area contributed by atoms with E-state index in [0.717, 1.165) is 38.5 Å². The quantitative estimate of drug-likeness (QED) is 0.0366. The minimum atomic E-state index is -4.30. The fourth-order valence-corrected chi connectivity index (χ4v) is 7.25. The van der Waals surface area contributed by atoms with Crippen LogP contribution >= 0.6 is 7.82 Å². The van der Waals surface area contributed by atoms with Gasteiger partial charge in [-0.25, -0.2) is 4.57 Å². The zero-order valence-electron chi connectivity index (χ0n) is 32.5. The predicted molar refractivity (Wildman–Crippen MR) is 208 cm³/mol. The van der Waals surface area contributed by atoms with Crippen molar-refractivity contribution in [2.45, 2.75) is 231 Å². The van der Waals surface area contributed by atoms with Gasteiger partial charge in [0.25, 0.3) is 0 Å². The molecular formula is C40H83N2O6P. The van der Waals surface area contributed by atoms with Crippen molar-refractivity contribution in [3.63, 3.8) is 0 Å². The maximum atomic E-state index is 12.7. The molecular weight excluding hydrogens is 635 g/mol. The minimum absolute atomic E-state index is 0.0921. The lowest BCUT2D eigenvalue weighted by atomic mass is 10.0. The maximum Gasteiger partial charge on any atom is 0.472 e. The summed E-state index contributed by atoms with van der Waals surface area (Å²) in [4.78, 5) is 22.6. The van der Waals surface area contributed by atoms with Gasteiger partial charge in [-0.2, -0.15) is 0 Å². The summed E-state index contributed by atoms with van der Waals surface area (Å²) in [5.41, 5.74) is 5.36. The second kappa shape index (κ2) is 37.3. The highest BCUT2D eigenvalue weighted by Crippen LogP contribution is 2.43. The first-order valence-electron chi connectivity index (χ1n) is 21.2. The van der Waals surface area contributed by atoms with Gasteiger partial charge in [0.1, 0.15) is 0 Å². The number of carbonyl (C=O) groups excluding carboxylic acids is 1. The lowest BCUT2D eigenvalue weighted by Crippen LogP contribution is -2.46. The molecule has 0 rings (SSSR count). The molecule has 0 aromatic heterocycles. The van der Waals surface area contributed by atoms with E-state index in [1.807, 2.05) is 0 Å². The van der Waals surface area contributed by atoms with E-state index in [-0.39, 0.29) is 25.7 Å². The van der Waals surface area contributed by atoms with Crippen LogP contribution in [0.2, 0.25) is 0 Å². The first-order chi connectivity index (χ1) is 23.9. The molecule has 1 amide bonds. The SMILES string of the molecule is CCCCCCCCCCCCCCCCCCCCCCCC(=O)NC(COP(=O)(O)OCCN)C(O)CCCCCCCCCCC. The van der Waals surface area contributed by atoms with Gasteiger partial charge in [-0.1, -0.05) is 200 Å². The summed E-state index contributed by atoms with van der Waals surface area (Å²) >= 11 is 0. The molecule has 0 radical (unpaired) electrons. The van der Waals surface area contributed by atoms with Gasteiger partial charge in [0, 0.05) is 13.0 Å². The topological polar surface area (TPSA) is 131 Å². The number of phosphoric ester groups is 1. The van der Waals surface area contributed by atoms with Crippen molar-refractivity contribution in [2.75, 3.05) is 19.8 Å². The highest BCUT2D eigenvalue weighted by Gasteiger charge is 2.27. The number of nitrogens with two attached hydrogens (primary N) is 1. The molecule has 0 heterocycles. The molecule has 0 aliphatic carbocycles. The lowest BCUT2D eigenvalue weighted by molar-refractivity contribution is -0.123. The maximum absolute atomic E-state index is 12.7. The second-order valence-electron chi connectivity index (χ2n) is 14.6. The van der Waals surface area contributed by atoms with E-state index in [1.54, 1.807) is 0 Å². The van der Waals surface area contributed by atoms with Crippen molar-refractivity contribution >= 4 is 13.7 Å². The van der Waals surface area contributed by atoms with Crippen molar-refractivity contribution in [3.8, 4) is 0 Å². The Morgan fingerprint density at radius 3 is 1.31 bits per heavy atom. The first kappa shape index (κ1) is 48.5. The molecule has 49 heavy (non-hydrogen) atoms. The van der Waals surface area contributed by atoms with Gasteiger partial charge in [0.15, 0.2) is 0 Å². The summed E-state index contributed by atoms with van der Waals surface area (Å²) in [5.74, 6) is -0.159. The number of rotatable bonds is 40. The van der Waals surface area contributed by atoms with Crippen LogP contribution in [-0.4, -0.2) is 47.8 Å². The van der Waals surface area contributed by atoms with Crippen LogP contribution in [0.25, 0.3) is 0 Å². The number of aliphatic hydroxyl groups is 1. The highest BCUT2D eigenvalue weighted by atomic mass is 31.2. The molecule has 0 saturated carbocycles. The molecule has 0 aliphatic rings. The summed E-state index contributed by atoms with van der Waals surface area (Å²) in [5, 5.41) is 13.7. The van der Waals surface area contributed by atoms with Gasteiger partial charge in [0.2, 0.25) is 5.91 Å². The van der Waals surface area contributed by atoms with Crippen molar-refractivity contribution in [1.29, 1.82) is 0 Å². The first-order valence-corrected chi connectivity index (χ1v) is 22.6. The van der Waals surface area contributed by atoms with Crippen LogP contribution in [0, 0.1) is 0 Å². The Morgan fingerprint density at radius 1 is 0.592 bits per heavy atom. The molecule has 3 unspecified atom stereocenters. The Bertz CT molecular complexity index is 744. The molecule has 3 atom stereocenters. The molecule has 0 aromatic carbocycles. The van der Waals surface area contributed by atoms with E-state index < -0.39 is 20.0 Å². The van der Waals surface area contributed by atoms with Crippen LogP contribution in [0.15, 0.2) is 0 Å². The number of unbranched alkanes of at least 4 members (excludes halogenated alkanes) is 28.